The first-order chi connectivity index (χ1) is 17.5. The highest BCUT2D eigenvalue weighted by Gasteiger charge is 2.22. The van der Waals surface area contributed by atoms with Crippen LogP contribution in [0.25, 0.3) is 21.9 Å². The summed E-state index contributed by atoms with van der Waals surface area (Å²) in [6.07, 6.45) is 6.93. The van der Waals surface area contributed by atoms with Crippen LogP contribution in [0.1, 0.15) is 43.7 Å². The maximum Gasteiger partial charge on any atom is 0.225 e. The van der Waals surface area contributed by atoms with Gasteiger partial charge in [0.25, 0.3) is 0 Å². The molecule has 2 aromatic carbocycles. The molecule has 0 radical (unpaired) electrons. The number of nitrogens with one attached hydrogen (secondary N) is 2. The molecule has 1 fully saturated rings. The van der Waals surface area contributed by atoms with Crippen LogP contribution in [0.15, 0.2) is 57.9 Å². The Morgan fingerprint density at radius 2 is 1.83 bits per heavy atom. The predicted molar refractivity (Wildman–Crippen MR) is 147 cm³/mol. The molecule has 0 spiro atoms. The van der Waals surface area contributed by atoms with Gasteiger partial charge in [-0.05, 0) is 74.4 Å². The Labute approximate surface area is 211 Å². The first-order valence-corrected chi connectivity index (χ1v) is 13.0. The van der Waals surface area contributed by atoms with E-state index in [1.165, 1.54) is 0 Å². The Balaban J connectivity index is 1.15. The highest BCUT2D eigenvalue weighted by molar-refractivity contribution is 5.90. The van der Waals surface area contributed by atoms with Gasteiger partial charge in [0.05, 0.1) is 17.2 Å². The Hall–Kier alpha value is -3.45. The van der Waals surface area contributed by atoms with Crippen molar-refractivity contribution in [2.75, 3.05) is 30.9 Å². The summed E-state index contributed by atoms with van der Waals surface area (Å²) in [5, 5.41) is 8.82. The minimum absolute atomic E-state index is 0.0689. The molecule has 2 aromatic heterocycles. The fraction of sp³-hybridized carbons (Fsp3) is 0.414. The molecule has 188 valence electrons. The van der Waals surface area contributed by atoms with Gasteiger partial charge in [-0.3, -0.25) is 4.79 Å². The molecule has 1 aliphatic rings. The lowest BCUT2D eigenvalue weighted by Gasteiger charge is -2.29. The zero-order chi connectivity index (χ0) is 25.1. The van der Waals surface area contributed by atoms with E-state index in [2.05, 4.69) is 23.6 Å². The van der Waals surface area contributed by atoms with Gasteiger partial charge in [-0.15, -0.1) is 0 Å². The van der Waals surface area contributed by atoms with Crippen LogP contribution in [0, 0.1) is 5.92 Å². The summed E-state index contributed by atoms with van der Waals surface area (Å²) < 4.78 is 5.72. The van der Waals surface area contributed by atoms with Gasteiger partial charge in [-0.25, -0.2) is 4.98 Å². The van der Waals surface area contributed by atoms with Crippen molar-refractivity contribution in [1.82, 2.24) is 15.3 Å². The third-order valence-electron chi connectivity index (χ3n) is 7.25. The molecule has 0 atom stereocenters. The van der Waals surface area contributed by atoms with E-state index in [1.54, 1.807) is 6.26 Å². The third kappa shape index (κ3) is 5.21. The summed E-state index contributed by atoms with van der Waals surface area (Å²) in [6.45, 7) is 3.52. The van der Waals surface area contributed by atoms with Crippen LogP contribution in [-0.2, 0) is 13.0 Å². The average molecular weight is 486 g/mol. The molecule has 2 N–H and O–H groups in total. The minimum atomic E-state index is 0.0689. The standard InChI is InChI=1S/C29H35N5O2/c1-4-19-11-14-26-24(15-19)27(35)21(18-36-26)17-30-16-20-9-12-22(13-10-20)31-29-32-25-8-6-5-7-23(25)28(33-29)34(2)3/h5-8,11,14-15,18,20,22,30H,4,9-10,12-13,16-17H2,1-3H3,(H,31,32,33)/t20-,22+. The van der Waals surface area contributed by atoms with Crippen LogP contribution in [0.5, 0.6) is 0 Å². The molecule has 5 rings (SSSR count). The maximum atomic E-state index is 12.9. The number of anilines is 2. The summed E-state index contributed by atoms with van der Waals surface area (Å²) in [7, 11) is 4.03. The van der Waals surface area contributed by atoms with Gasteiger partial charge in [0.1, 0.15) is 11.4 Å². The van der Waals surface area contributed by atoms with E-state index >= 15 is 0 Å². The molecule has 0 saturated heterocycles. The maximum absolute atomic E-state index is 12.9. The Morgan fingerprint density at radius 1 is 1.03 bits per heavy atom. The summed E-state index contributed by atoms with van der Waals surface area (Å²) in [4.78, 5) is 24.5. The Morgan fingerprint density at radius 3 is 2.61 bits per heavy atom. The lowest BCUT2D eigenvalue weighted by molar-refractivity contribution is 0.323. The summed E-state index contributed by atoms with van der Waals surface area (Å²) >= 11 is 0. The number of fused-ring (bicyclic) bond motifs is 2. The summed E-state index contributed by atoms with van der Waals surface area (Å²) in [5.41, 5.74) is 3.52. The summed E-state index contributed by atoms with van der Waals surface area (Å²) in [6, 6.07) is 14.4. The monoisotopic (exact) mass is 485 g/mol. The van der Waals surface area contributed by atoms with E-state index in [4.69, 9.17) is 14.4 Å². The van der Waals surface area contributed by atoms with Gasteiger partial charge in [0.15, 0.2) is 5.43 Å². The van der Waals surface area contributed by atoms with Gasteiger partial charge in [-0.2, -0.15) is 4.98 Å². The van der Waals surface area contributed by atoms with E-state index in [0.717, 1.165) is 60.9 Å². The first kappa shape index (κ1) is 24.3. The number of hydrogen-bond acceptors (Lipinski definition) is 7. The van der Waals surface area contributed by atoms with Crippen LogP contribution in [0.3, 0.4) is 0 Å². The first-order valence-electron chi connectivity index (χ1n) is 13.0. The van der Waals surface area contributed by atoms with Gasteiger partial charge in [0, 0.05) is 37.6 Å². The van der Waals surface area contributed by atoms with E-state index in [0.29, 0.717) is 41.0 Å². The SMILES string of the molecule is CCc1ccc2occ(CNC[C@H]3CC[C@@H](Nc4nc(N(C)C)c5ccccc5n4)CC3)c(=O)c2c1. The fourth-order valence-corrected chi connectivity index (χ4v) is 5.13. The van der Waals surface area contributed by atoms with Gasteiger partial charge >= 0.3 is 0 Å². The second kappa shape index (κ2) is 10.7. The number of nitrogens with zero attached hydrogens (tertiary/aromatic N) is 3. The molecule has 2 heterocycles. The Bertz CT molecular complexity index is 1410. The van der Waals surface area contributed by atoms with Gasteiger partial charge < -0.3 is 20.0 Å². The third-order valence-corrected chi connectivity index (χ3v) is 7.25. The van der Waals surface area contributed by atoms with E-state index in [9.17, 15) is 4.79 Å². The van der Waals surface area contributed by atoms with Crippen molar-refractivity contribution in [2.45, 2.75) is 51.6 Å². The quantitative estimate of drug-likeness (QED) is 0.358. The van der Waals surface area contributed by atoms with E-state index in [1.807, 2.05) is 55.4 Å². The summed E-state index contributed by atoms with van der Waals surface area (Å²) in [5.74, 6) is 2.23. The van der Waals surface area contributed by atoms with Crippen molar-refractivity contribution in [3.05, 3.63) is 70.1 Å². The topological polar surface area (TPSA) is 83.3 Å². The molecule has 1 saturated carbocycles. The predicted octanol–water partition coefficient (Wildman–Crippen LogP) is 5.13. The van der Waals surface area contributed by atoms with Gasteiger partial charge in [0.2, 0.25) is 5.95 Å². The largest absolute Gasteiger partial charge is 0.464 e. The van der Waals surface area contributed by atoms with Crippen molar-refractivity contribution in [1.29, 1.82) is 0 Å². The molecule has 0 unspecified atom stereocenters. The second-order valence-corrected chi connectivity index (χ2v) is 10.0. The molecule has 36 heavy (non-hydrogen) atoms. The highest BCUT2D eigenvalue weighted by atomic mass is 16.3. The molecule has 0 bridgehead atoms. The Kier molecular flexibility index (Phi) is 7.18. The number of hydrogen-bond donors (Lipinski definition) is 2. The van der Waals surface area contributed by atoms with E-state index in [-0.39, 0.29) is 5.43 Å². The number of aryl methyl sites for hydroxylation is 1. The molecule has 1 aliphatic carbocycles. The number of benzene rings is 2. The molecule has 0 aliphatic heterocycles. The van der Waals surface area contributed by atoms with Gasteiger partial charge in [-0.1, -0.05) is 25.1 Å². The number of aromatic nitrogens is 2. The smallest absolute Gasteiger partial charge is 0.225 e. The van der Waals surface area contributed by atoms with Crippen molar-refractivity contribution >= 4 is 33.6 Å². The van der Waals surface area contributed by atoms with Crippen LogP contribution < -0.4 is 21.0 Å². The number of rotatable bonds is 8. The van der Waals surface area contributed by atoms with Crippen LogP contribution in [-0.4, -0.2) is 36.6 Å². The van der Waals surface area contributed by atoms with Crippen molar-refractivity contribution in [3.8, 4) is 0 Å². The van der Waals surface area contributed by atoms with Crippen molar-refractivity contribution < 1.29 is 4.42 Å². The molecule has 7 heteroatoms. The highest BCUT2D eigenvalue weighted by Crippen LogP contribution is 2.28. The minimum Gasteiger partial charge on any atom is -0.464 e. The molecule has 4 aromatic rings. The molecule has 7 nitrogen and oxygen atoms in total. The average Bonchev–Trinajstić information content (AvgIpc) is 2.90. The zero-order valence-electron chi connectivity index (χ0n) is 21.4. The van der Waals surface area contributed by atoms with Crippen LogP contribution >= 0.6 is 0 Å². The van der Waals surface area contributed by atoms with E-state index < -0.39 is 0 Å². The van der Waals surface area contributed by atoms with Crippen LogP contribution in [0.4, 0.5) is 11.8 Å². The lowest BCUT2D eigenvalue weighted by atomic mass is 9.86. The number of para-hydroxylation sites is 1. The molecular weight excluding hydrogens is 450 g/mol. The lowest BCUT2D eigenvalue weighted by Crippen LogP contribution is -2.32. The van der Waals surface area contributed by atoms with Crippen LogP contribution in [0.2, 0.25) is 0 Å². The van der Waals surface area contributed by atoms with Crippen molar-refractivity contribution in [3.63, 3.8) is 0 Å². The molecular formula is C29H35N5O2. The fourth-order valence-electron chi connectivity index (χ4n) is 5.13. The second-order valence-electron chi connectivity index (χ2n) is 10.0. The zero-order valence-corrected chi connectivity index (χ0v) is 21.4. The normalized spacial score (nSPS) is 18.0. The molecule has 0 amide bonds. The van der Waals surface area contributed by atoms with Crippen molar-refractivity contribution in [2.24, 2.45) is 5.92 Å².